The highest BCUT2D eigenvalue weighted by Crippen LogP contribution is 2.48. The Morgan fingerprint density at radius 1 is 0.750 bits per heavy atom. The number of benzene rings is 2. The number of rotatable bonds is 3. The van der Waals surface area contributed by atoms with Crippen molar-refractivity contribution in [1.82, 2.24) is 0 Å². The fourth-order valence-electron chi connectivity index (χ4n) is 2.58. The van der Waals surface area contributed by atoms with Gasteiger partial charge in [-0.3, -0.25) is 35.1 Å². The molecule has 0 atom stereocenters. The van der Waals surface area contributed by atoms with Crippen LogP contribution in [0.4, 0.5) is 17.1 Å². The van der Waals surface area contributed by atoms with E-state index in [1.807, 2.05) is 0 Å². The van der Waals surface area contributed by atoms with Gasteiger partial charge >= 0.3 is 0 Å². The van der Waals surface area contributed by atoms with Crippen LogP contribution in [0.1, 0.15) is 15.9 Å². The Hall–Kier alpha value is -3.21. The maximum atomic E-state index is 12.5. The van der Waals surface area contributed by atoms with Gasteiger partial charge in [-0.05, 0) is 15.9 Å². The van der Waals surface area contributed by atoms with Crippen molar-refractivity contribution >= 4 is 38.8 Å². The van der Waals surface area contributed by atoms with E-state index in [1.54, 1.807) is 0 Å². The van der Waals surface area contributed by atoms with E-state index in [0.29, 0.717) is 0 Å². The Kier molecular flexibility index (Phi) is 3.37. The summed E-state index contributed by atoms with van der Waals surface area (Å²) in [6.07, 6.45) is 0. The van der Waals surface area contributed by atoms with E-state index in [4.69, 9.17) is 0 Å². The summed E-state index contributed by atoms with van der Waals surface area (Å²) in [5.74, 6) is -0.740. The molecule has 0 saturated carbocycles. The molecule has 1 aliphatic rings. The number of non-ortho nitro benzene ring substituents is 2. The van der Waals surface area contributed by atoms with Crippen LogP contribution in [0.5, 0.6) is 0 Å². The van der Waals surface area contributed by atoms with E-state index < -0.39 is 31.9 Å². The fourth-order valence-corrected chi connectivity index (χ4v) is 3.23. The zero-order valence-corrected chi connectivity index (χ0v) is 13.0. The Balaban J connectivity index is 2.41. The van der Waals surface area contributed by atoms with E-state index in [2.05, 4.69) is 15.9 Å². The largest absolute Gasteiger partial charge is 0.289 e. The van der Waals surface area contributed by atoms with Crippen LogP contribution < -0.4 is 0 Å². The molecule has 0 spiro atoms. The maximum Gasteiger partial charge on any atom is 0.284 e. The molecular weight excluding hydrogens is 390 g/mol. The standard InChI is InChI=1S/C13H4BrN3O7/c14-9-3-5(15(19)20)1-7-11(9)12-8(13(7)18)2-6(16(21)22)4-10(12)17(23)24/h1-4H. The highest BCUT2D eigenvalue weighted by Gasteiger charge is 2.38. The number of halogens is 1. The third-order valence-electron chi connectivity index (χ3n) is 3.53. The van der Waals surface area contributed by atoms with Crippen LogP contribution in [-0.4, -0.2) is 20.6 Å². The van der Waals surface area contributed by atoms with Crippen molar-refractivity contribution in [3.8, 4) is 11.1 Å². The SMILES string of the molecule is O=C1c2cc([N+](=O)[O-])cc(Br)c2-c2c1cc([N+](=O)[O-])cc2[N+](=O)[O-]. The van der Waals surface area contributed by atoms with Crippen molar-refractivity contribution in [3.05, 3.63) is 70.2 Å². The molecule has 0 saturated heterocycles. The number of hydrogen-bond donors (Lipinski definition) is 0. The molecule has 0 radical (unpaired) electrons. The summed E-state index contributed by atoms with van der Waals surface area (Å²) in [6, 6.07) is 3.81. The first-order valence-corrected chi connectivity index (χ1v) is 7.01. The summed E-state index contributed by atoms with van der Waals surface area (Å²) in [6.45, 7) is 0. The second-order valence-electron chi connectivity index (χ2n) is 4.84. The molecule has 1 aliphatic carbocycles. The average Bonchev–Trinajstić information content (AvgIpc) is 2.79. The summed E-state index contributed by atoms with van der Waals surface area (Å²) >= 11 is 3.08. The summed E-state index contributed by atoms with van der Waals surface area (Å²) in [5, 5.41) is 33.2. The molecular formula is C13H4BrN3O7. The summed E-state index contributed by atoms with van der Waals surface area (Å²) in [5.41, 5.74) is -1.91. The molecule has 0 amide bonds. The van der Waals surface area contributed by atoms with Gasteiger partial charge in [-0.1, -0.05) is 0 Å². The lowest BCUT2D eigenvalue weighted by Gasteiger charge is -2.04. The third kappa shape index (κ3) is 2.13. The van der Waals surface area contributed by atoms with Crippen molar-refractivity contribution in [3.63, 3.8) is 0 Å². The minimum Gasteiger partial charge on any atom is -0.289 e. The maximum absolute atomic E-state index is 12.5. The van der Waals surface area contributed by atoms with E-state index in [1.165, 1.54) is 0 Å². The van der Waals surface area contributed by atoms with Gasteiger partial charge in [-0.15, -0.1) is 0 Å². The van der Waals surface area contributed by atoms with Gasteiger partial charge in [0.15, 0.2) is 5.78 Å². The van der Waals surface area contributed by atoms with Crippen LogP contribution in [0.15, 0.2) is 28.7 Å². The van der Waals surface area contributed by atoms with Crippen molar-refractivity contribution in [2.75, 3.05) is 0 Å². The van der Waals surface area contributed by atoms with Gasteiger partial charge in [0, 0.05) is 39.4 Å². The number of hydrogen-bond acceptors (Lipinski definition) is 7. The van der Waals surface area contributed by atoms with Gasteiger partial charge in [0.2, 0.25) is 0 Å². The number of fused-ring (bicyclic) bond motifs is 3. The van der Waals surface area contributed by atoms with Crippen LogP contribution in [-0.2, 0) is 0 Å². The quantitative estimate of drug-likeness (QED) is 0.489. The van der Waals surface area contributed by atoms with Gasteiger partial charge in [0.25, 0.3) is 17.1 Å². The lowest BCUT2D eigenvalue weighted by molar-refractivity contribution is -0.393. The van der Waals surface area contributed by atoms with E-state index >= 15 is 0 Å². The highest BCUT2D eigenvalue weighted by molar-refractivity contribution is 9.10. The molecule has 0 aliphatic heterocycles. The fraction of sp³-hybridized carbons (Fsp3) is 0. The molecule has 0 unspecified atom stereocenters. The lowest BCUT2D eigenvalue weighted by Crippen LogP contribution is -2.00. The molecule has 0 bridgehead atoms. The number of ketones is 1. The molecule has 11 heteroatoms. The number of nitro benzene ring substituents is 3. The lowest BCUT2D eigenvalue weighted by atomic mass is 10.0. The molecule has 0 fully saturated rings. The van der Waals surface area contributed by atoms with Crippen LogP contribution >= 0.6 is 15.9 Å². The molecule has 2 aromatic rings. The number of nitro groups is 3. The van der Waals surface area contributed by atoms with Crippen LogP contribution in [0.25, 0.3) is 11.1 Å². The minimum atomic E-state index is -0.846. The molecule has 0 N–H and O–H groups in total. The van der Waals surface area contributed by atoms with E-state index in [-0.39, 0.29) is 32.4 Å². The molecule has 3 rings (SSSR count). The Morgan fingerprint density at radius 3 is 1.75 bits per heavy atom. The first-order valence-electron chi connectivity index (χ1n) is 6.22. The molecule has 10 nitrogen and oxygen atoms in total. The summed E-state index contributed by atoms with van der Waals surface area (Å²) in [7, 11) is 0. The van der Waals surface area contributed by atoms with Crippen LogP contribution in [0.2, 0.25) is 0 Å². The Bertz CT molecular complexity index is 986. The van der Waals surface area contributed by atoms with E-state index in [9.17, 15) is 35.1 Å². The first kappa shape index (κ1) is 15.7. The van der Waals surface area contributed by atoms with Gasteiger partial charge in [-0.25, -0.2) is 0 Å². The summed E-state index contributed by atoms with van der Waals surface area (Å²) < 4.78 is 0.121. The Labute approximate surface area is 140 Å². The average molecular weight is 394 g/mol. The minimum absolute atomic E-state index is 0.0904. The summed E-state index contributed by atoms with van der Waals surface area (Å²) in [4.78, 5) is 43.2. The predicted molar refractivity (Wildman–Crippen MR) is 83.0 cm³/mol. The molecule has 120 valence electrons. The zero-order chi connectivity index (χ0) is 17.8. The van der Waals surface area contributed by atoms with Crippen molar-refractivity contribution in [2.24, 2.45) is 0 Å². The monoisotopic (exact) mass is 393 g/mol. The third-order valence-corrected chi connectivity index (χ3v) is 4.16. The first-order chi connectivity index (χ1) is 11.2. The van der Waals surface area contributed by atoms with Crippen LogP contribution in [0, 0.1) is 30.3 Å². The van der Waals surface area contributed by atoms with Gasteiger partial charge in [0.1, 0.15) is 0 Å². The zero-order valence-electron chi connectivity index (χ0n) is 11.4. The number of nitrogens with zero attached hydrogens (tertiary/aromatic N) is 3. The highest BCUT2D eigenvalue weighted by atomic mass is 79.9. The molecule has 0 heterocycles. The van der Waals surface area contributed by atoms with Gasteiger partial charge in [-0.2, -0.15) is 0 Å². The number of carbonyl (C=O) groups excluding carboxylic acids is 1. The molecule has 24 heavy (non-hydrogen) atoms. The van der Waals surface area contributed by atoms with Crippen molar-refractivity contribution in [2.45, 2.75) is 0 Å². The molecule has 2 aromatic carbocycles. The van der Waals surface area contributed by atoms with Gasteiger partial charge in [0.05, 0.1) is 26.4 Å². The topological polar surface area (TPSA) is 146 Å². The Morgan fingerprint density at radius 2 is 1.25 bits per heavy atom. The number of carbonyl (C=O) groups is 1. The second-order valence-corrected chi connectivity index (χ2v) is 5.69. The predicted octanol–water partition coefficient (Wildman–Crippen LogP) is 3.39. The van der Waals surface area contributed by atoms with Crippen molar-refractivity contribution < 1.29 is 19.6 Å². The van der Waals surface area contributed by atoms with Crippen molar-refractivity contribution in [1.29, 1.82) is 0 Å². The van der Waals surface area contributed by atoms with Crippen LogP contribution in [0.3, 0.4) is 0 Å². The second kappa shape index (κ2) is 5.16. The normalized spacial score (nSPS) is 11.8. The van der Waals surface area contributed by atoms with E-state index in [0.717, 1.165) is 24.3 Å². The molecule has 0 aromatic heterocycles. The smallest absolute Gasteiger partial charge is 0.284 e. The van der Waals surface area contributed by atoms with Gasteiger partial charge < -0.3 is 0 Å².